The van der Waals surface area contributed by atoms with Crippen LogP contribution >= 0.6 is 11.6 Å². The van der Waals surface area contributed by atoms with E-state index in [9.17, 15) is 15.0 Å². The SMILES string of the molecule is CCC(CO)(CO)NC(=O)C1=Cc2cc(Cl)ccc2OC1. The molecule has 0 radical (unpaired) electrons. The molecule has 1 amide bonds. The average Bonchev–Trinajstić information content (AvgIpc) is 2.51. The Kier molecular flexibility index (Phi) is 4.88. The lowest BCUT2D eigenvalue weighted by Gasteiger charge is -2.30. The van der Waals surface area contributed by atoms with E-state index in [4.69, 9.17) is 16.3 Å². The molecule has 0 saturated heterocycles. The van der Waals surface area contributed by atoms with Crippen LogP contribution in [0.15, 0.2) is 23.8 Å². The fourth-order valence-corrected chi connectivity index (χ4v) is 2.22. The van der Waals surface area contributed by atoms with E-state index in [0.717, 1.165) is 5.56 Å². The van der Waals surface area contributed by atoms with Crippen molar-refractivity contribution in [1.82, 2.24) is 5.32 Å². The minimum atomic E-state index is -1.02. The highest BCUT2D eigenvalue weighted by molar-refractivity contribution is 6.30. The van der Waals surface area contributed by atoms with Gasteiger partial charge in [0.25, 0.3) is 5.91 Å². The Hall–Kier alpha value is -1.56. The number of hydrogen-bond donors (Lipinski definition) is 3. The highest BCUT2D eigenvalue weighted by Gasteiger charge is 2.30. The first kappa shape index (κ1) is 15.8. The van der Waals surface area contributed by atoms with Crippen molar-refractivity contribution in [2.45, 2.75) is 18.9 Å². The fourth-order valence-electron chi connectivity index (χ4n) is 2.04. The van der Waals surface area contributed by atoms with Crippen molar-refractivity contribution in [2.24, 2.45) is 0 Å². The van der Waals surface area contributed by atoms with Crippen LogP contribution in [0.1, 0.15) is 18.9 Å². The van der Waals surface area contributed by atoms with Gasteiger partial charge in [0, 0.05) is 10.6 Å². The van der Waals surface area contributed by atoms with Gasteiger partial charge in [-0.25, -0.2) is 0 Å². The topological polar surface area (TPSA) is 78.8 Å². The maximum absolute atomic E-state index is 12.3. The maximum atomic E-state index is 12.3. The molecule has 0 bridgehead atoms. The number of benzene rings is 1. The molecule has 2 rings (SSSR count). The molecule has 0 saturated carbocycles. The van der Waals surface area contributed by atoms with Crippen LogP contribution in [-0.4, -0.2) is 41.5 Å². The van der Waals surface area contributed by atoms with Gasteiger partial charge < -0.3 is 20.3 Å². The predicted octanol–water partition coefficient (Wildman–Crippen LogP) is 1.37. The van der Waals surface area contributed by atoms with E-state index in [0.29, 0.717) is 22.8 Å². The molecule has 0 fully saturated rings. The quantitative estimate of drug-likeness (QED) is 0.767. The van der Waals surface area contributed by atoms with Gasteiger partial charge in [-0.1, -0.05) is 18.5 Å². The third kappa shape index (κ3) is 3.37. The van der Waals surface area contributed by atoms with Crippen LogP contribution in [0, 0.1) is 0 Å². The number of fused-ring (bicyclic) bond motifs is 1. The normalized spacial score (nSPS) is 14.0. The van der Waals surface area contributed by atoms with Gasteiger partial charge in [-0.15, -0.1) is 0 Å². The molecule has 0 unspecified atom stereocenters. The minimum Gasteiger partial charge on any atom is -0.488 e. The molecule has 1 aromatic rings. The largest absolute Gasteiger partial charge is 0.488 e. The van der Waals surface area contributed by atoms with E-state index in [1.54, 1.807) is 31.2 Å². The third-order valence-corrected chi connectivity index (χ3v) is 3.87. The summed E-state index contributed by atoms with van der Waals surface area (Å²) in [5.41, 5.74) is 0.130. The summed E-state index contributed by atoms with van der Waals surface area (Å²) in [4.78, 5) is 12.3. The summed E-state index contributed by atoms with van der Waals surface area (Å²) in [6.45, 7) is 1.26. The Morgan fingerprint density at radius 3 is 2.76 bits per heavy atom. The summed E-state index contributed by atoms with van der Waals surface area (Å²) >= 11 is 5.93. The summed E-state index contributed by atoms with van der Waals surface area (Å²) in [5.74, 6) is 0.299. The molecule has 1 aliphatic rings. The van der Waals surface area contributed by atoms with Crippen molar-refractivity contribution in [3.05, 3.63) is 34.4 Å². The van der Waals surface area contributed by atoms with E-state index < -0.39 is 5.54 Å². The molecule has 1 aliphatic heterocycles. The molecule has 0 aromatic heterocycles. The Morgan fingerprint density at radius 2 is 2.14 bits per heavy atom. The number of aliphatic hydroxyl groups is 2. The van der Waals surface area contributed by atoms with Crippen LogP contribution in [0.2, 0.25) is 5.02 Å². The standard InChI is InChI=1S/C15H18ClNO4/c1-2-15(8-18,9-19)17-14(20)11-5-10-6-12(16)3-4-13(10)21-7-11/h3-6,18-19H,2,7-9H2,1H3,(H,17,20). The van der Waals surface area contributed by atoms with Gasteiger partial charge in [0.15, 0.2) is 0 Å². The molecule has 21 heavy (non-hydrogen) atoms. The van der Waals surface area contributed by atoms with Crippen molar-refractivity contribution < 1.29 is 19.7 Å². The number of aliphatic hydroxyl groups excluding tert-OH is 2. The third-order valence-electron chi connectivity index (χ3n) is 3.64. The number of ether oxygens (including phenoxy) is 1. The number of rotatable bonds is 5. The second-order valence-corrected chi connectivity index (χ2v) is 5.48. The zero-order valence-corrected chi connectivity index (χ0v) is 12.5. The number of nitrogens with one attached hydrogen (secondary N) is 1. The molecule has 0 aliphatic carbocycles. The van der Waals surface area contributed by atoms with Gasteiger partial charge in [-0.2, -0.15) is 0 Å². The molecule has 5 nitrogen and oxygen atoms in total. The van der Waals surface area contributed by atoms with Crippen molar-refractivity contribution in [3.8, 4) is 5.75 Å². The van der Waals surface area contributed by atoms with E-state index in [1.165, 1.54) is 0 Å². The first-order chi connectivity index (χ1) is 10.0. The molecule has 0 atom stereocenters. The summed E-state index contributed by atoms with van der Waals surface area (Å²) in [6.07, 6.45) is 2.12. The zero-order chi connectivity index (χ0) is 15.5. The number of hydrogen-bond acceptors (Lipinski definition) is 4. The van der Waals surface area contributed by atoms with Gasteiger partial charge in [0.05, 0.1) is 24.3 Å². The molecular formula is C15H18ClNO4. The van der Waals surface area contributed by atoms with E-state index >= 15 is 0 Å². The van der Waals surface area contributed by atoms with Crippen LogP contribution in [0.5, 0.6) is 5.75 Å². The number of carbonyl (C=O) groups excluding carboxylic acids is 1. The van der Waals surface area contributed by atoms with Crippen molar-refractivity contribution in [2.75, 3.05) is 19.8 Å². The first-order valence-corrected chi connectivity index (χ1v) is 7.08. The average molecular weight is 312 g/mol. The van der Waals surface area contributed by atoms with E-state index in [-0.39, 0.29) is 25.7 Å². The monoisotopic (exact) mass is 311 g/mol. The summed E-state index contributed by atoms with van der Waals surface area (Å²) in [5, 5.41) is 22.0. The summed E-state index contributed by atoms with van der Waals surface area (Å²) in [6, 6.07) is 5.19. The van der Waals surface area contributed by atoms with Gasteiger partial charge in [-0.05, 0) is 30.7 Å². The lowest BCUT2D eigenvalue weighted by Crippen LogP contribution is -2.54. The summed E-state index contributed by atoms with van der Waals surface area (Å²) < 4.78 is 5.51. The van der Waals surface area contributed by atoms with Crippen LogP contribution in [0.3, 0.4) is 0 Å². The fraction of sp³-hybridized carbons (Fsp3) is 0.400. The molecule has 1 heterocycles. The van der Waals surface area contributed by atoms with Crippen molar-refractivity contribution >= 4 is 23.6 Å². The van der Waals surface area contributed by atoms with Crippen LogP contribution in [-0.2, 0) is 4.79 Å². The highest BCUT2D eigenvalue weighted by atomic mass is 35.5. The Bertz CT molecular complexity index is 559. The van der Waals surface area contributed by atoms with Crippen LogP contribution in [0.4, 0.5) is 0 Å². The molecule has 114 valence electrons. The summed E-state index contributed by atoms with van der Waals surface area (Å²) in [7, 11) is 0. The second-order valence-electron chi connectivity index (χ2n) is 5.04. The Labute approximate surface area is 128 Å². The van der Waals surface area contributed by atoms with Gasteiger partial charge in [-0.3, -0.25) is 4.79 Å². The number of halogens is 1. The smallest absolute Gasteiger partial charge is 0.251 e. The lowest BCUT2D eigenvalue weighted by molar-refractivity contribution is -0.121. The lowest BCUT2D eigenvalue weighted by atomic mass is 9.97. The second kappa shape index (κ2) is 6.47. The number of carbonyl (C=O) groups is 1. The Balaban J connectivity index is 2.21. The van der Waals surface area contributed by atoms with Crippen LogP contribution < -0.4 is 10.1 Å². The minimum absolute atomic E-state index is 0.136. The first-order valence-electron chi connectivity index (χ1n) is 6.71. The van der Waals surface area contributed by atoms with Gasteiger partial charge >= 0.3 is 0 Å². The predicted molar refractivity (Wildman–Crippen MR) is 80.3 cm³/mol. The van der Waals surface area contributed by atoms with Crippen molar-refractivity contribution in [1.29, 1.82) is 0 Å². The van der Waals surface area contributed by atoms with E-state index in [2.05, 4.69) is 5.32 Å². The molecule has 6 heteroatoms. The highest BCUT2D eigenvalue weighted by Crippen LogP contribution is 2.29. The molecule has 0 spiro atoms. The molecule has 1 aromatic carbocycles. The maximum Gasteiger partial charge on any atom is 0.251 e. The number of amides is 1. The van der Waals surface area contributed by atoms with E-state index in [1.807, 2.05) is 0 Å². The van der Waals surface area contributed by atoms with Gasteiger partial charge in [0.1, 0.15) is 12.4 Å². The van der Waals surface area contributed by atoms with Crippen molar-refractivity contribution in [3.63, 3.8) is 0 Å². The zero-order valence-electron chi connectivity index (χ0n) is 11.7. The molecular weight excluding hydrogens is 294 g/mol. The molecule has 3 N–H and O–H groups in total. The van der Waals surface area contributed by atoms with Crippen LogP contribution in [0.25, 0.3) is 6.08 Å². The Morgan fingerprint density at radius 1 is 1.43 bits per heavy atom. The van der Waals surface area contributed by atoms with Gasteiger partial charge in [0.2, 0.25) is 0 Å².